The molecular weight excluding hydrogens is 406 g/mol. The zero-order valence-electron chi connectivity index (χ0n) is 14.4. The number of hydrogen-bond donors (Lipinski definition) is 2. The summed E-state index contributed by atoms with van der Waals surface area (Å²) >= 11 is 3.77. The molecule has 140 valence electrons. The molecule has 0 aliphatic carbocycles. The van der Waals surface area contributed by atoms with Gasteiger partial charge in [0, 0.05) is 0 Å². The number of thiazole rings is 1. The van der Waals surface area contributed by atoms with Gasteiger partial charge in [-0.3, -0.25) is 9.59 Å². The van der Waals surface area contributed by atoms with Crippen molar-refractivity contribution in [2.24, 2.45) is 5.73 Å². The number of para-hydroxylation sites is 1. The minimum absolute atomic E-state index is 0.114. The summed E-state index contributed by atoms with van der Waals surface area (Å²) < 4.78 is 6.57. The van der Waals surface area contributed by atoms with E-state index in [-0.39, 0.29) is 27.1 Å². The lowest BCUT2D eigenvalue weighted by atomic mass is 10.1. The predicted molar refractivity (Wildman–Crippen MR) is 108 cm³/mol. The Bertz CT molecular complexity index is 1010. The molecule has 0 fully saturated rings. The van der Waals surface area contributed by atoms with Gasteiger partial charge in [0.15, 0.2) is 4.34 Å². The van der Waals surface area contributed by atoms with Crippen molar-refractivity contribution >= 4 is 67.4 Å². The van der Waals surface area contributed by atoms with E-state index in [4.69, 9.17) is 10.5 Å². The molecular formula is C17H15N3O4S3. The topological polar surface area (TPSA) is 111 Å². The normalized spacial score (nSPS) is 10.7. The van der Waals surface area contributed by atoms with Crippen LogP contribution in [0.3, 0.4) is 0 Å². The highest BCUT2D eigenvalue weighted by molar-refractivity contribution is 8.01. The quantitative estimate of drug-likeness (QED) is 0.467. The van der Waals surface area contributed by atoms with Gasteiger partial charge >= 0.3 is 5.97 Å². The highest BCUT2D eigenvalue weighted by Gasteiger charge is 2.25. The average molecular weight is 422 g/mol. The third kappa shape index (κ3) is 4.12. The number of methoxy groups -OCH3 is 1. The van der Waals surface area contributed by atoms with Crippen molar-refractivity contribution in [2.75, 3.05) is 18.2 Å². The number of hydrogen-bond acceptors (Lipinski definition) is 8. The molecule has 27 heavy (non-hydrogen) atoms. The number of esters is 1. The number of rotatable bonds is 6. The number of fused-ring (bicyclic) bond motifs is 1. The number of ether oxygens (including phenoxy) is 1. The number of aromatic nitrogens is 1. The van der Waals surface area contributed by atoms with Gasteiger partial charge in [-0.2, -0.15) is 0 Å². The summed E-state index contributed by atoms with van der Waals surface area (Å²) in [6.45, 7) is 1.59. The van der Waals surface area contributed by atoms with Crippen LogP contribution in [-0.2, 0) is 9.53 Å². The lowest BCUT2D eigenvalue weighted by Crippen LogP contribution is -2.16. The van der Waals surface area contributed by atoms with Crippen molar-refractivity contribution in [3.05, 3.63) is 40.3 Å². The maximum Gasteiger partial charge on any atom is 0.341 e. The van der Waals surface area contributed by atoms with Crippen LogP contribution in [0, 0.1) is 6.92 Å². The van der Waals surface area contributed by atoms with Crippen molar-refractivity contribution in [3.8, 4) is 0 Å². The van der Waals surface area contributed by atoms with Crippen LogP contribution in [0.25, 0.3) is 10.2 Å². The van der Waals surface area contributed by atoms with Gasteiger partial charge < -0.3 is 15.8 Å². The Morgan fingerprint density at radius 3 is 2.67 bits per heavy atom. The Labute approximate surface area is 166 Å². The molecule has 0 atom stereocenters. The number of amides is 2. The van der Waals surface area contributed by atoms with Crippen molar-refractivity contribution in [2.45, 2.75) is 11.3 Å². The number of carbonyl (C=O) groups excluding carboxylic acids is 3. The number of anilines is 1. The molecule has 0 unspecified atom stereocenters. The molecule has 2 aromatic heterocycles. The fourth-order valence-corrected chi connectivity index (χ4v) is 5.32. The molecule has 0 radical (unpaired) electrons. The Morgan fingerprint density at radius 1 is 1.26 bits per heavy atom. The first-order valence-electron chi connectivity index (χ1n) is 7.70. The molecule has 1 aromatic carbocycles. The van der Waals surface area contributed by atoms with E-state index in [0.717, 1.165) is 25.9 Å². The van der Waals surface area contributed by atoms with Gasteiger partial charge in [-0.1, -0.05) is 23.9 Å². The number of carbonyl (C=O) groups is 3. The third-order valence-corrected chi connectivity index (χ3v) is 7.02. The van der Waals surface area contributed by atoms with Crippen LogP contribution in [0.15, 0.2) is 28.6 Å². The van der Waals surface area contributed by atoms with E-state index in [1.807, 2.05) is 24.3 Å². The van der Waals surface area contributed by atoms with Crippen molar-refractivity contribution in [1.29, 1.82) is 0 Å². The van der Waals surface area contributed by atoms with E-state index < -0.39 is 11.9 Å². The van der Waals surface area contributed by atoms with E-state index in [0.29, 0.717) is 5.56 Å². The predicted octanol–water partition coefficient (Wildman–Crippen LogP) is 3.28. The number of nitrogens with zero attached hydrogens (tertiary/aromatic N) is 1. The van der Waals surface area contributed by atoms with Crippen LogP contribution in [0.2, 0.25) is 0 Å². The lowest BCUT2D eigenvalue weighted by Gasteiger charge is -2.05. The molecule has 3 N–H and O–H groups in total. The summed E-state index contributed by atoms with van der Waals surface area (Å²) in [6, 6.07) is 7.73. The molecule has 3 rings (SSSR count). The van der Waals surface area contributed by atoms with E-state index >= 15 is 0 Å². The summed E-state index contributed by atoms with van der Waals surface area (Å²) in [6.07, 6.45) is 0. The zero-order chi connectivity index (χ0) is 19.6. The van der Waals surface area contributed by atoms with Crippen molar-refractivity contribution < 1.29 is 19.1 Å². The maximum absolute atomic E-state index is 12.3. The molecule has 2 amide bonds. The summed E-state index contributed by atoms with van der Waals surface area (Å²) in [5, 5.41) is 2.93. The van der Waals surface area contributed by atoms with Crippen LogP contribution < -0.4 is 11.1 Å². The first kappa shape index (κ1) is 19.3. The SMILES string of the molecule is COC(=O)c1c(NC(=O)CSc2nc3ccccc3s2)sc(C(N)=O)c1C. The number of thiophene rings is 1. The van der Waals surface area contributed by atoms with E-state index in [9.17, 15) is 14.4 Å². The van der Waals surface area contributed by atoms with Crippen LogP contribution in [0.5, 0.6) is 0 Å². The minimum Gasteiger partial charge on any atom is -0.465 e. The maximum atomic E-state index is 12.3. The zero-order valence-corrected chi connectivity index (χ0v) is 16.8. The molecule has 0 aliphatic rings. The standard InChI is InChI=1S/C17H15N3O4S3/c1-8-12(16(23)24-2)15(27-13(8)14(18)22)20-11(21)7-25-17-19-9-5-3-4-6-10(9)26-17/h3-6H,7H2,1-2H3,(H2,18,22)(H,20,21). The monoisotopic (exact) mass is 421 g/mol. The number of nitrogens with two attached hydrogens (primary N) is 1. The Balaban J connectivity index is 1.74. The Hall–Kier alpha value is -2.43. The molecule has 0 spiro atoms. The van der Waals surface area contributed by atoms with Gasteiger partial charge in [0.25, 0.3) is 5.91 Å². The van der Waals surface area contributed by atoms with Gasteiger partial charge in [-0.15, -0.1) is 22.7 Å². The summed E-state index contributed by atoms with van der Waals surface area (Å²) in [5.41, 5.74) is 6.77. The molecule has 0 aliphatic heterocycles. The number of thioether (sulfide) groups is 1. The molecule has 0 saturated heterocycles. The lowest BCUT2D eigenvalue weighted by molar-refractivity contribution is -0.113. The van der Waals surface area contributed by atoms with Gasteiger partial charge in [-0.25, -0.2) is 9.78 Å². The van der Waals surface area contributed by atoms with Crippen molar-refractivity contribution in [3.63, 3.8) is 0 Å². The fourth-order valence-electron chi connectivity index (χ4n) is 2.39. The summed E-state index contributed by atoms with van der Waals surface area (Å²) in [5.74, 6) is -1.50. The smallest absolute Gasteiger partial charge is 0.341 e. The highest BCUT2D eigenvalue weighted by atomic mass is 32.2. The molecule has 2 heterocycles. The van der Waals surface area contributed by atoms with Crippen molar-refractivity contribution in [1.82, 2.24) is 4.98 Å². The van der Waals surface area contributed by atoms with E-state index in [1.165, 1.54) is 30.2 Å². The molecule has 0 bridgehead atoms. The van der Waals surface area contributed by atoms with Gasteiger partial charge in [0.2, 0.25) is 5.91 Å². The van der Waals surface area contributed by atoms with Crippen LogP contribution in [0.4, 0.5) is 5.00 Å². The number of primary amides is 1. The Kier molecular flexibility index (Phi) is 5.78. The highest BCUT2D eigenvalue weighted by Crippen LogP contribution is 2.34. The minimum atomic E-state index is -0.660. The summed E-state index contributed by atoms with van der Waals surface area (Å²) in [7, 11) is 1.23. The molecule has 3 aromatic rings. The van der Waals surface area contributed by atoms with Crippen LogP contribution >= 0.6 is 34.4 Å². The average Bonchev–Trinajstić information content (AvgIpc) is 3.20. The second-order valence-electron chi connectivity index (χ2n) is 5.40. The first-order valence-corrected chi connectivity index (χ1v) is 10.3. The molecule has 10 heteroatoms. The second kappa shape index (κ2) is 8.07. The third-order valence-electron chi connectivity index (χ3n) is 3.61. The van der Waals surface area contributed by atoms with Gasteiger partial charge in [0.05, 0.1) is 33.5 Å². The largest absolute Gasteiger partial charge is 0.465 e. The van der Waals surface area contributed by atoms with Crippen LogP contribution in [0.1, 0.15) is 25.6 Å². The molecule has 0 saturated carbocycles. The first-order chi connectivity index (χ1) is 12.9. The van der Waals surface area contributed by atoms with E-state index in [1.54, 1.807) is 6.92 Å². The molecule has 7 nitrogen and oxygen atoms in total. The van der Waals surface area contributed by atoms with Gasteiger partial charge in [0.1, 0.15) is 5.00 Å². The van der Waals surface area contributed by atoms with Gasteiger partial charge in [-0.05, 0) is 24.6 Å². The number of benzene rings is 1. The number of nitrogens with one attached hydrogen (secondary N) is 1. The second-order valence-corrected chi connectivity index (χ2v) is 8.67. The fraction of sp³-hybridized carbons (Fsp3) is 0.176. The summed E-state index contributed by atoms with van der Waals surface area (Å²) in [4.78, 5) is 40.6. The van der Waals surface area contributed by atoms with E-state index in [2.05, 4.69) is 10.3 Å². The Morgan fingerprint density at radius 2 is 2.00 bits per heavy atom. The van der Waals surface area contributed by atoms with Crippen LogP contribution in [-0.4, -0.2) is 35.6 Å².